The molecule has 0 unspecified atom stereocenters. The van der Waals surface area contributed by atoms with Crippen molar-refractivity contribution in [2.75, 3.05) is 5.32 Å². The molecule has 0 saturated heterocycles. The van der Waals surface area contributed by atoms with E-state index in [0.717, 1.165) is 5.56 Å². The number of hydrogen-bond donors (Lipinski definition) is 1. The first-order valence-corrected chi connectivity index (χ1v) is 7.00. The number of nitrogens with zero attached hydrogens (tertiary/aromatic N) is 3. The highest BCUT2D eigenvalue weighted by Gasteiger charge is 2.16. The molecule has 116 valence electrons. The van der Waals surface area contributed by atoms with Gasteiger partial charge in [0.2, 0.25) is 5.91 Å². The highest BCUT2D eigenvalue weighted by molar-refractivity contribution is 6.31. The molecule has 1 N–H and O–H groups in total. The van der Waals surface area contributed by atoms with Gasteiger partial charge in [-0.2, -0.15) is 4.68 Å². The Morgan fingerprint density at radius 1 is 1.45 bits per heavy atom. The van der Waals surface area contributed by atoms with Crippen LogP contribution in [0.3, 0.4) is 0 Å². The summed E-state index contributed by atoms with van der Waals surface area (Å²) in [5.74, 6) is -0.425. The number of aromatic nitrogens is 2. The third-order valence-corrected chi connectivity index (χ3v) is 3.66. The van der Waals surface area contributed by atoms with Gasteiger partial charge >= 0.3 is 5.82 Å². The summed E-state index contributed by atoms with van der Waals surface area (Å²) in [6, 6.07) is 6.65. The number of rotatable bonds is 5. The van der Waals surface area contributed by atoms with Crippen LogP contribution in [0.5, 0.6) is 0 Å². The number of aryl methyl sites for hydroxylation is 2. The van der Waals surface area contributed by atoms with Crippen LogP contribution in [0.4, 0.5) is 11.5 Å². The van der Waals surface area contributed by atoms with Crippen molar-refractivity contribution in [2.24, 2.45) is 0 Å². The van der Waals surface area contributed by atoms with Crippen LogP contribution in [-0.4, -0.2) is 20.6 Å². The number of anilines is 1. The SMILES string of the molecule is Cc1c(Cl)cccc1NC(=O)CCn1nc([N+](=O)[O-])cc1C. The van der Waals surface area contributed by atoms with Crippen molar-refractivity contribution in [3.8, 4) is 0 Å². The monoisotopic (exact) mass is 322 g/mol. The van der Waals surface area contributed by atoms with Gasteiger partial charge in [-0.1, -0.05) is 17.7 Å². The zero-order chi connectivity index (χ0) is 16.3. The molecule has 1 heterocycles. The number of nitro groups is 1. The van der Waals surface area contributed by atoms with E-state index in [4.69, 9.17) is 11.6 Å². The molecule has 2 rings (SSSR count). The molecular formula is C14H15ClN4O3. The molecule has 0 aliphatic carbocycles. The zero-order valence-corrected chi connectivity index (χ0v) is 12.9. The highest BCUT2D eigenvalue weighted by atomic mass is 35.5. The Hall–Kier alpha value is -2.41. The second kappa shape index (κ2) is 6.57. The molecule has 0 fully saturated rings. The van der Waals surface area contributed by atoms with Gasteiger partial charge in [-0.15, -0.1) is 0 Å². The summed E-state index contributed by atoms with van der Waals surface area (Å²) in [4.78, 5) is 22.1. The lowest BCUT2D eigenvalue weighted by molar-refractivity contribution is -0.389. The van der Waals surface area contributed by atoms with Crippen LogP contribution in [0.2, 0.25) is 5.02 Å². The number of benzene rings is 1. The largest absolute Gasteiger partial charge is 0.390 e. The van der Waals surface area contributed by atoms with E-state index in [-0.39, 0.29) is 24.7 Å². The molecule has 1 aromatic heterocycles. The minimum Gasteiger partial charge on any atom is -0.358 e. The first-order chi connectivity index (χ1) is 10.4. The Morgan fingerprint density at radius 2 is 2.18 bits per heavy atom. The fourth-order valence-electron chi connectivity index (χ4n) is 1.97. The molecule has 0 spiro atoms. The van der Waals surface area contributed by atoms with Crippen LogP contribution in [-0.2, 0) is 11.3 Å². The van der Waals surface area contributed by atoms with E-state index in [1.807, 2.05) is 6.92 Å². The van der Waals surface area contributed by atoms with Gasteiger partial charge in [-0.25, -0.2) is 0 Å². The molecule has 0 atom stereocenters. The number of halogens is 1. The maximum Gasteiger partial charge on any atom is 0.390 e. The van der Waals surface area contributed by atoms with E-state index in [9.17, 15) is 14.9 Å². The van der Waals surface area contributed by atoms with Crippen molar-refractivity contribution in [2.45, 2.75) is 26.8 Å². The number of carbonyl (C=O) groups is 1. The summed E-state index contributed by atoms with van der Waals surface area (Å²) in [6.45, 7) is 3.79. The van der Waals surface area contributed by atoms with Crippen molar-refractivity contribution in [1.29, 1.82) is 0 Å². The lowest BCUT2D eigenvalue weighted by Crippen LogP contribution is -2.16. The van der Waals surface area contributed by atoms with Crippen molar-refractivity contribution >= 4 is 29.0 Å². The predicted molar refractivity (Wildman–Crippen MR) is 83.1 cm³/mol. The average Bonchev–Trinajstić information content (AvgIpc) is 2.83. The molecule has 0 bridgehead atoms. The molecule has 22 heavy (non-hydrogen) atoms. The summed E-state index contributed by atoms with van der Waals surface area (Å²) < 4.78 is 1.45. The van der Waals surface area contributed by atoms with Crippen LogP contribution >= 0.6 is 11.6 Å². The normalized spacial score (nSPS) is 10.5. The van der Waals surface area contributed by atoms with Crippen molar-refractivity contribution < 1.29 is 9.72 Å². The van der Waals surface area contributed by atoms with Crippen LogP contribution < -0.4 is 5.32 Å². The molecule has 0 radical (unpaired) electrons. The van der Waals surface area contributed by atoms with Gasteiger partial charge in [0.15, 0.2) is 0 Å². The molecule has 7 nitrogen and oxygen atoms in total. The lowest BCUT2D eigenvalue weighted by Gasteiger charge is -2.09. The second-order valence-corrected chi connectivity index (χ2v) is 5.24. The highest BCUT2D eigenvalue weighted by Crippen LogP contribution is 2.23. The van der Waals surface area contributed by atoms with Gasteiger partial charge in [0.1, 0.15) is 0 Å². The molecular weight excluding hydrogens is 308 g/mol. The van der Waals surface area contributed by atoms with Gasteiger partial charge < -0.3 is 15.4 Å². The Kier molecular flexibility index (Phi) is 4.77. The first-order valence-electron chi connectivity index (χ1n) is 6.62. The Labute approximate surface area is 132 Å². The van der Waals surface area contributed by atoms with Crippen LogP contribution in [0.1, 0.15) is 17.7 Å². The van der Waals surface area contributed by atoms with Gasteiger partial charge in [0, 0.05) is 17.1 Å². The summed E-state index contributed by atoms with van der Waals surface area (Å²) in [5, 5.41) is 17.8. The second-order valence-electron chi connectivity index (χ2n) is 4.83. The molecule has 0 saturated carbocycles. The van der Waals surface area contributed by atoms with Crippen molar-refractivity contribution in [3.05, 3.63) is 50.7 Å². The standard InChI is InChI=1S/C14H15ClN4O3/c1-9-8-13(19(21)22)17-18(9)7-6-14(20)16-12-5-3-4-11(15)10(12)2/h3-5,8H,6-7H2,1-2H3,(H,16,20). The van der Waals surface area contributed by atoms with Crippen LogP contribution in [0.25, 0.3) is 0 Å². The average molecular weight is 323 g/mol. The molecule has 2 aromatic rings. The van der Waals surface area contributed by atoms with Crippen LogP contribution in [0, 0.1) is 24.0 Å². The third-order valence-electron chi connectivity index (χ3n) is 3.25. The molecule has 0 aliphatic heterocycles. The van der Waals surface area contributed by atoms with E-state index in [0.29, 0.717) is 16.4 Å². The number of amides is 1. The van der Waals surface area contributed by atoms with Crippen LogP contribution in [0.15, 0.2) is 24.3 Å². The quantitative estimate of drug-likeness (QED) is 0.676. The first kappa shape index (κ1) is 16.0. The maximum absolute atomic E-state index is 12.0. The Bertz CT molecular complexity index is 727. The van der Waals surface area contributed by atoms with E-state index in [1.54, 1.807) is 25.1 Å². The van der Waals surface area contributed by atoms with Crippen molar-refractivity contribution in [3.63, 3.8) is 0 Å². The number of hydrogen-bond acceptors (Lipinski definition) is 4. The van der Waals surface area contributed by atoms with Gasteiger partial charge in [0.25, 0.3) is 0 Å². The van der Waals surface area contributed by atoms with Gasteiger partial charge in [-0.3, -0.25) is 4.79 Å². The number of carbonyl (C=O) groups excluding carboxylic acids is 1. The fraction of sp³-hybridized carbons (Fsp3) is 0.286. The summed E-state index contributed by atoms with van der Waals surface area (Å²) in [5.41, 5.74) is 2.09. The predicted octanol–water partition coefficient (Wildman–Crippen LogP) is 3.09. The third kappa shape index (κ3) is 3.62. The topological polar surface area (TPSA) is 90.1 Å². The summed E-state index contributed by atoms with van der Waals surface area (Å²) in [7, 11) is 0. The summed E-state index contributed by atoms with van der Waals surface area (Å²) >= 11 is 5.99. The Morgan fingerprint density at radius 3 is 2.82 bits per heavy atom. The Balaban J connectivity index is 1.98. The van der Waals surface area contributed by atoms with Crippen molar-refractivity contribution in [1.82, 2.24) is 9.78 Å². The molecule has 1 amide bonds. The number of nitrogens with one attached hydrogen (secondary N) is 1. The summed E-state index contributed by atoms with van der Waals surface area (Å²) in [6.07, 6.45) is 0.158. The zero-order valence-electron chi connectivity index (χ0n) is 12.2. The van der Waals surface area contributed by atoms with E-state index in [1.165, 1.54) is 10.7 Å². The lowest BCUT2D eigenvalue weighted by atomic mass is 10.2. The smallest absolute Gasteiger partial charge is 0.358 e. The maximum atomic E-state index is 12.0. The fourth-order valence-corrected chi connectivity index (χ4v) is 2.15. The van der Waals surface area contributed by atoms with E-state index >= 15 is 0 Å². The van der Waals surface area contributed by atoms with E-state index < -0.39 is 4.92 Å². The van der Waals surface area contributed by atoms with E-state index in [2.05, 4.69) is 10.4 Å². The van der Waals surface area contributed by atoms with Gasteiger partial charge in [-0.05, 0) is 36.5 Å². The molecule has 0 aliphatic rings. The molecule has 1 aromatic carbocycles. The minimum atomic E-state index is -0.557. The van der Waals surface area contributed by atoms with Gasteiger partial charge in [0.05, 0.1) is 23.4 Å². The molecule has 8 heteroatoms. The minimum absolute atomic E-state index is 0.158.